The second kappa shape index (κ2) is 32.8. The molecule has 0 aliphatic carbocycles. The SMILES string of the molecule is CC(C)(c1ccc(O)cc1)c1ccc(O)cc1.Cc1ccc(Oc2ccc(S(=O)(=O)c3ccc(Oc4ccc(C(C)(C)c5ccc(Oc6ccc(S(=O)(=O)c7ccc(Oc8ccc(N)cc8)cc7)cc6)cc5)cc4)cc3)cc2)cc1.Nc1ccc(O)cc1.O=S(=O)(c1ccc(F)cc1)c1ccc(F)cc1. The van der Waals surface area contributed by atoms with Crippen molar-refractivity contribution >= 4 is 40.9 Å². The van der Waals surface area contributed by atoms with E-state index in [4.69, 9.17) is 35.5 Å². The first-order chi connectivity index (χ1) is 50.0. The Kier molecular flexibility index (Phi) is 23.6. The van der Waals surface area contributed by atoms with Crippen molar-refractivity contribution in [2.75, 3.05) is 11.5 Å². The van der Waals surface area contributed by atoms with Crippen molar-refractivity contribution < 1.29 is 68.3 Å². The zero-order valence-corrected chi connectivity index (χ0v) is 60.0. The van der Waals surface area contributed by atoms with Gasteiger partial charge in [-0.25, -0.2) is 34.0 Å². The maximum absolute atomic E-state index is 13.4. The first kappa shape index (κ1) is 75.4. The summed E-state index contributed by atoms with van der Waals surface area (Å²) in [4.78, 5) is 0.556. The average molecular weight is 1470 g/mol. The normalized spacial score (nSPS) is 11.4. The van der Waals surface area contributed by atoms with Crippen molar-refractivity contribution in [3.63, 3.8) is 0 Å². The maximum atomic E-state index is 13.4. The molecule has 0 atom stereocenters. The van der Waals surface area contributed by atoms with Gasteiger partial charge in [-0.2, -0.15) is 0 Å². The van der Waals surface area contributed by atoms with Gasteiger partial charge in [-0.15, -0.1) is 0 Å². The molecule has 0 radical (unpaired) electrons. The summed E-state index contributed by atoms with van der Waals surface area (Å²) in [5, 5.41) is 27.3. The van der Waals surface area contributed by atoms with Gasteiger partial charge in [0.15, 0.2) is 0 Å². The number of hydrogen-bond acceptors (Lipinski definition) is 15. The van der Waals surface area contributed by atoms with Crippen LogP contribution in [0.15, 0.2) is 345 Å². The molecule has 0 aromatic heterocycles. The zero-order chi connectivity index (χ0) is 75.1. The van der Waals surface area contributed by atoms with E-state index in [0.29, 0.717) is 57.4 Å². The Hall–Kier alpha value is -12.2. The molecular formula is C85H74F2N2O13S3. The summed E-state index contributed by atoms with van der Waals surface area (Å²) in [5.41, 5.74) is 17.3. The molecule has 0 fully saturated rings. The van der Waals surface area contributed by atoms with Gasteiger partial charge in [0.25, 0.3) is 0 Å². The molecule has 534 valence electrons. The van der Waals surface area contributed by atoms with E-state index in [2.05, 4.69) is 27.7 Å². The summed E-state index contributed by atoms with van der Waals surface area (Å²) in [6, 6.07) is 85.2. The summed E-state index contributed by atoms with van der Waals surface area (Å²) in [6.07, 6.45) is 0. The molecule has 13 rings (SSSR count). The fraction of sp³-hybridized carbons (Fsp3) is 0.0824. The number of sulfone groups is 3. The van der Waals surface area contributed by atoms with Crippen LogP contribution in [0.4, 0.5) is 20.2 Å². The van der Waals surface area contributed by atoms with Crippen molar-refractivity contribution in [3.8, 4) is 63.2 Å². The van der Waals surface area contributed by atoms with E-state index in [1.165, 1.54) is 72.8 Å². The van der Waals surface area contributed by atoms with E-state index < -0.39 is 41.1 Å². The molecule has 0 aliphatic rings. The highest BCUT2D eigenvalue weighted by Crippen LogP contribution is 2.38. The minimum Gasteiger partial charge on any atom is -0.508 e. The van der Waals surface area contributed by atoms with Gasteiger partial charge in [-0.1, -0.05) is 93.9 Å². The highest BCUT2D eigenvalue weighted by atomic mass is 32.2. The number of halogens is 2. The number of nitrogen functional groups attached to an aromatic ring is 2. The molecule has 7 N–H and O–H groups in total. The molecule has 13 aromatic rings. The van der Waals surface area contributed by atoms with E-state index in [9.17, 15) is 44.2 Å². The van der Waals surface area contributed by atoms with Crippen molar-refractivity contribution in [1.82, 2.24) is 0 Å². The Morgan fingerprint density at radius 2 is 0.419 bits per heavy atom. The second-order valence-electron chi connectivity index (χ2n) is 25.1. The van der Waals surface area contributed by atoms with Gasteiger partial charge in [0.2, 0.25) is 29.5 Å². The van der Waals surface area contributed by atoms with Gasteiger partial charge in [0, 0.05) is 22.2 Å². The van der Waals surface area contributed by atoms with E-state index in [-0.39, 0.29) is 57.5 Å². The van der Waals surface area contributed by atoms with E-state index in [0.717, 1.165) is 52.1 Å². The molecule has 105 heavy (non-hydrogen) atoms. The Balaban J connectivity index is 0.000000224. The van der Waals surface area contributed by atoms with Crippen LogP contribution in [-0.4, -0.2) is 40.6 Å². The minimum atomic E-state index is -3.77. The first-order valence-electron chi connectivity index (χ1n) is 32.7. The summed E-state index contributed by atoms with van der Waals surface area (Å²) in [6.45, 7) is 10.5. The zero-order valence-electron chi connectivity index (χ0n) is 57.6. The third-order valence-corrected chi connectivity index (χ3v) is 22.2. The Morgan fingerprint density at radius 1 is 0.257 bits per heavy atom. The van der Waals surface area contributed by atoms with Crippen LogP contribution in [0, 0.1) is 18.6 Å². The molecule has 20 heteroatoms. The number of ether oxygens (including phenoxy) is 4. The smallest absolute Gasteiger partial charge is 0.206 e. The lowest BCUT2D eigenvalue weighted by molar-refractivity contribution is 0.473. The number of hydrogen-bond donors (Lipinski definition) is 5. The van der Waals surface area contributed by atoms with Crippen LogP contribution in [0.25, 0.3) is 0 Å². The van der Waals surface area contributed by atoms with E-state index >= 15 is 0 Å². The molecule has 0 spiro atoms. The third kappa shape index (κ3) is 19.7. The van der Waals surface area contributed by atoms with Crippen LogP contribution >= 0.6 is 0 Å². The van der Waals surface area contributed by atoms with Gasteiger partial charge in [0.1, 0.15) is 74.9 Å². The molecule has 0 bridgehead atoms. The summed E-state index contributed by atoms with van der Waals surface area (Å²) < 4.78 is 127. The number of nitrogens with two attached hydrogens (primary N) is 2. The van der Waals surface area contributed by atoms with Crippen LogP contribution < -0.4 is 30.4 Å². The minimum absolute atomic E-state index is 0.0227. The third-order valence-electron chi connectivity index (χ3n) is 16.9. The number of rotatable bonds is 18. The Bertz CT molecular complexity index is 5040. The summed E-state index contributed by atoms with van der Waals surface area (Å²) in [7, 11) is -11.2. The van der Waals surface area contributed by atoms with Crippen molar-refractivity contribution in [2.24, 2.45) is 0 Å². The number of benzene rings is 13. The number of phenolic OH excluding ortho intramolecular Hbond substituents is 3. The maximum Gasteiger partial charge on any atom is 0.206 e. The van der Waals surface area contributed by atoms with Crippen molar-refractivity contribution in [3.05, 3.63) is 355 Å². The van der Waals surface area contributed by atoms with Crippen LogP contribution in [0.5, 0.6) is 63.2 Å². The number of aromatic hydroxyl groups is 3. The lowest BCUT2D eigenvalue weighted by Crippen LogP contribution is -2.18. The largest absolute Gasteiger partial charge is 0.508 e. The first-order valence-corrected chi connectivity index (χ1v) is 37.1. The monoisotopic (exact) mass is 1460 g/mol. The van der Waals surface area contributed by atoms with Crippen LogP contribution in [-0.2, 0) is 40.3 Å². The standard InChI is InChI=1S/C52H43NO8S2.C15H16O2.C12H8F2O2S.C6H7NO/c1-36-4-12-40(13-5-36)58-44-20-28-48(29-21-44)62(54,55)49-30-22-45(23-31-49)59-41-14-6-37(7-15-41)52(2,3)38-8-16-42(17-9-38)60-46-24-32-50(33-25-46)63(56,57)51-34-26-47(27-35-51)61-43-18-10-39(53)11-19-43;1-15(2,11-3-7-13(16)8-4-11)12-5-9-14(17)10-6-12;13-9-1-5-11(6-2-9)17(15,16)12-7-3-10(14)4-8-12;7-5-1-3-6(8)4-2-5/h4-35H,53H2,1-3H3;3-10,16-17H,1-2H3;1-8H;1-4,8H,7H2. The Morgan fingerprint density at radius 3 is 0.638 bits per heavy atom. The van der Waals surface area contributed by atoms with Gasteiger partial charge < -0.3 is 45.7 Å². The molecule has 0 aliphatic heterocycles. The summed E-state index contributed by atoms with van der Waals surface area (Å²) in [5.74, 6) is 4.29. The predicted molar refractivity (Wildman–Crippen MR) is 403 cm³/mol. The number of phenols is 3. The predicted octanol–water partition coefficient (Wildman–Crippen LogP) is 19.9. The van der Waals surface area contributed by atoms with Gasteiger partial charge in [0.05, 0.1) is 29.4 Å². The molecule has 0 amide bonds. The molecule has 0 saturated heterocycles. The fourth-order valence-corrected chi connectivity index (χ4v) is 14.3. The molecule has 0 unspecified atom stereocenters. The van der Waals surface area contributed by atoms with Crippen LogP contribution in [0.2, 0.25) is 0 Å². The topological polar surface area (TPSA) is 252 Å². The summed E-state index contributed by atoms with van der Waals surface area (Å²) >= 11 is 0. The van der Waals surface area contributed by atoms with Crippen molar-refractivity contribution in [1.29, 1.82) is 0 Å². The second-order valence-corrected chi connectivity index (χ2v) is 30.9. The quantitative estimate of drug-likeness (QED) is 0.0304. The lowest BCUT2D eigenvalue weighted by atomic mass is 9.78. The molecule has 0 saturated carbocycles. The Labute approximate surface area is 609 Å². The average Bonchev–Trinajstić information content (AvgIpc) is 0.839. The van der Waals surface area contributed by atoms with E-state index in [1.54, 1.807) is 121 Å². The van der Waals surface area contributed by atoms with Gasteiger partial charge >= 0.3 is 0 Å². The lowest BCUT2D eigenvalue weighted by Gasteiger charge is -2.26. The highest BCUT2D eigenvalue weighted by molar-refractivity contribution is 7.92. The molecular weight excluding hydrogens is 1390 g/mol. The molecule has 0 heterocycles. The molecule has 13 aromatic carbocycles. The van der Waals surface area contributed by atoms with E-state index in [1.807, 2.05) is 104 Å². The van der Waals surface area contributed by atoms with Crippen LogP contribution in [0.3, 0.4) is 0 Å². The van der Waals surface area contributed by atoms with Gasteiger partial charge in [-0.05, 0) is 284 Å². The van der Waals surface area contributed by atoms with Crippen molar-refractivity contribution in [2.45, 2.75) is 74.8 Å². The van der Waals surface area contributed by atoms with Crippen LogP contribution in [0.1, 0.15) is 55.5 Å². The number of anilines is 2. The highest BCUT2D eigenvalue weighted by Gasteiger charge is 2.26. The fourth-order valence-electron chi connectivity index (χ4n) is 10.5. The molecule has 15 nitrogen and oxygen atoms in total. The van der Waals surface area contributed by atoms with Gasteiger partial charge in [-0.3, -0.25) is 0 Å². The number of aryl methyl sites for hydroxylation is 1.